The van der Waals surface area contributed by atoms with Gasteiger partial charge in [0.1, 0.15) is 6.61 Å². The summed E-state index contributed by atoms with van der Waals surface area (Å²) in [7, 11) is 0. The SMILES string of the molecule is C=COCCOC1C(c2ccccc2)=CC=CC1c1ccccc1. The van der Waals surface area contributed by atoms with Crippen molar-refractivity contribution in [3.05, 3.63) is 103 Å². The molecule has 0 aliphatic heterocycles. The Morgan fingerprint density at radius 3 is 2.33 bits per heavy atom. The highest BCUT2D eigenvalue weighted by atomic mass is 16.5. The van der Waals surface area contributed by atoms with E-state index in [-0.39, 0.29) is 12.0 Å². The van der Waals surface area contributed by atoms with Gasteiger partial charge in [-0.1, -0.05) is 85.5 Å². The average Bonchev–Trinajstić information content (AvgIpc) is 2.66. The highest BCUT2D eigenvalue weighted by Gasteiger charge is 2.28. The lowest BCUT2D eigenvalue weighted by atomic mass is 9.82. The zero-order valence-corrected chi connectivity index (χ0v) is 13.7. The zero-order valence-electron chi connectivity index (χ0n) is 13.7. The molecule has 2 atom stereocenters. The summed E-state index contributed by atoms with van der Waals surface area (Å²) in [6.45, 7) is 4.60. The highest BCUT2D eigenvalue weighted by molar-refractivity contribution is 5.73. The Hall–Kier alpha value is -2.58. The molecule has 2 unspecified atom stereocenters. The molecule has 24 heavy (non-hydrogen) atoms. The van der Waals surface area contributed by atoms with Crippen LogP contribution in [0.1, 0.15) is 17.0 Å². The fourth-order valence-corrected chi connectivity index (χ4v) is 3.02. The Bertz CT molecular complexity index is 701. The van der Waals surface area contributed by atoms with E-state index in [0.717, 1.165) is 0 Å². The van der Waals surface area contributed by atoms with Gasteiger partial charge in [0.25, 0.3) is 0 Å². The summed E-state index contributed by atoms with van der Waals surface area (Å²) in [5.41, 5.74) is 3.65. The summed E-state index contributed by atoms with van der Waals surface area (Å²) in [5, 5.41) is 0. The standard InChI is InChI=1S/C22H22O2/c1-2-23-16-17-24-22-20(18-10-5-3-6-11-18)14-9-15-21(22)19-12-7-4-8-13-19/h2-15,20,22H,1,16-17H2. The Balaban J connectivity index is 1.87. The highest BCUT2D eigenvalue weighted by Crippen LogP contribution is 2.36. The van der Waals surface area contributed by atoms with E-state index in [0.29, 0.717) is 13.2 Å². The molecule has 0 N–H and O–H groups in total. The largest absolute Gasteiger partial charge is 0.499 e. The number of hydrogen-bond acceptors (Lipinski definition) is 2. The summed E-state index contributed by atoms with van der Waals surface area (Å²) < 4.78 is 11.4. The fraction of sp³-hybridized carbons (Fsp3) is 0.182. The van der Waals surface area contributed by atoms with Crippen LogP contribution in [0.25, 0.3) is 5.57 Å². The van der Waals surface area contributed by atoms with Gasteiger partial charge in [-0.15, -0.1) is 0 Å². The number of rotatable bonds is 7. The molecular formula is C22H22O2. The second-order valence-electron chi connectivity index (χ2n) is 5.64. The second-order valence-corrected chi connectivity index (χ2v) is 5.64. The Morgan fingerprint density at radius 2 is 1.62 bits per heavy atom. The van der Waals surface area contributed by atoms with Crippen molar-refractivity contribution in [2.45, 2.75) is 12.0 Å². The molecule has 0 spiro atoms. The maximum absolute atomic E-state index is 6.23. The molecule has 1 aliphatic rings. The zero-order chi connectivity index (χ0) is 16.6. The molecule has 0 heterocycles. The molecule has 122 valence electrons. The van der Waals surface area contributed by atoms with Gasteiger partial charge in [0.05, 0.1) is 19.0 Å². The van der Waals surface area contributed by atoms with E-state index in [2.05, 4.69) is 73.3 Å². The predicted molar refractivity (Wildman–Crippen MR) is 98.6 cm³/mol. The predicted octanol–water partition coefficient (Wildman–Crippen LogP) is 4.97. The van der Waals surface area contributed by atoms with Gasteiger partial charge >= 0.3 is 0 Å². The van der Waals surface area contributed by atoms with Crippen LogP contribution in [-0.4, -0.2) is 19.3 Å². The second kappa shape index (κ2) is 8.32. The first-order chi connectivity index (χ1) is 11.9. The van der Waals surface area contributed by atoms with E-state index in [4.69, 9.17) is 9.47 Å². The van der Waals surface area contributed by atoms with Crippen molar-refractivity contribution in [2.24, 2.45) is 0 Å². The summed E-state index contributed by atoms with van der Waals surface area (Å²) in [6.07, 6.45) is 7.90. The topological polar surface area (TPSA) is 18.5 Å². The maximum atomic E-state index is 6.23. The van der Waals surface area contributed by atoms with Crippen LogP contribution < -0.4 is 0 Å². The van der Waals surface area contributed by atoms with Crippen molar-refractivity contribution in [2.75, 3.05) is 13.2 Å². The van der Waals surface area contributed by atoms with Crippen molar-refractivity contribution in [3.63, 3.8) is 0 Å². The number of allylic oxidation sites excluding steroid dienone is 2. The van der Waals surface area contributed by atoms with Crippen LogP contribution in [0.15, 0.2) is 91.7 Å². The quantitative estimate of drug-likeness (QED) is 0.530. The van der Waals surface area contributed by atoms with Crippen LogP contribution in [0.2, 0.25) is 0 Å². The molecule has 2 heteroatoms. The summed E-state index contributed by atoms with van der Waals surface area (Å²) in [6, 6.07) is 20.9. The molecule has 3 rings (SSSR count). The molecule has 2 nitrogen and oxygen atoms in total. The van der Waals surface area contributed by atoms with Crippen molar-refractivity contribution in [1.29, 1.82) is 0 Å². The Kier molecular flexibility index (Phi) is 5.65. The summed E-state index contributed by atoms with van der Waals surface area (Å²) in [4.78, 5) is 0. The van der Waals surface area contributed by atoms with E-state index >= 15 is 0 Å². The smallest absolute Gasteiger partial charge is 0.111 e. The van der Waals surface area contributed by atoms with Crippen LogP contribution in [-0.2, 0) is 9.47 Å². The number of benzene rings is 2. The maximum Gasteiger partial charge on any atom is 0.111 e. The Morgan fingerprint density at radius 1 is 0.917 bits per heavy atom. The summed E-state index contributed by atoms with van der Waals surface area (Å²) in [5.74, 6) is 0.190. The van der Waals surface area contributed by atoms with Crippen molar-refractivity contribution < 1.29 is 9.47 Å². The molecule has 0 saturated carbocycles. The van der Waals surface area contributed by atoms with Gasteiger partial charge < -0.3 is 9.47 Å². The molecule has 0 fully saturated rings. The number of hydrogen-bond donors (Lipinski definition) is 0. The lowest BCUT2D eigenvalue weighted by Crippen LogP contribution is -2.26. The van der Waals surface area contributed by atoms with Gasteiger partial charge in [-0.2, -0.15) is 0 Å². The lowest BCUT2D eigenvalue weighted by molar-refractivity contribution is 0.0476. The Labute approximate surface area is 143 Å². The van der Waals surface area contributed by atoms with Crippen molar-refractivity contribution in [1.82, 2.24) is 0 Å². The van der Waals surface area contributed by atoms with Crippen LogP contribution in [0.5, 0.6) is 0 Å². The van der Waals surface area contributed by atoms with Crippen molar-refractivity contribution >= 4 is 5.57 Å². The van der Waals surface area contributed by atoms with Crippen molar-refractivity contribution in [3.8, 4) is 0 Å². The molecule has 2 aromatic carbocycles. The van der Waals surface area contributed by atoms with Gasteiger partial charge in [-0.3, -0.25) is 0 Å². The molecular weight excluding hydrogens is 296 g/mol. The van der Waals surface area contributed by atoms with E-state index < -0.39 is 0 Å². The minimum Gasteiger partial charge on any atom is -0.499 e. The van der Waals surface area contributed by atoms with Gasteiger partial charge in [-0.05, 0) is 16.7 Å². The third-order valence-corrected chi connectivity index (χ3v) is 4.13. The molecule has 2 aromatic rings. The average molecular weight is 318 g/mol. The van der Waals surface area contributed by atoms with Crippen LogP contribution >= 0.6 is 0 Å². The molecule has 0 radical (unpaired) electrons. The molecule has 0 aromatic heterocycles. The molecule has 0 amide bonds. The first-order valence-corrected chi connectivity index (χ1v) is 8.23. The van der Waals surface area contributed by atoms with Crippen LogP contribution in [0.3, 0.4) is 0 Å². The first-order valence-electron chi connectivity index (χ1n) is 8.23. The van der Waals surface area contributed by atoms with Gasteiger partial charge in [0.2, 0.25) is 0 Å². The van der Waals surface area contributed by atoms with Gasteiger partial charge in [0, 0.05) is 5.92 Å². The van der Waals surface area contributed by atoms with Crippen LogP contribution in [0.4, 0.5) is 0 Å². The van der Waals surface area contributed by atoms with E-state index in [1.807, 2.05) is 12.1 Å². The fourth-order valence-electron chi connectivity index (χ4n) is 3.02. The monoisotopic (exact) mass is 318 g/mol. The van der Waals surface area contributed by atoms with Gasteiger partial charge in [0.15, 0.2) is 0 Å². The van der Waals surface area contributed by atoms with E-state index in [1.165, 1.54) is 23.0 Å². The lowest BCUT2D eigenvalue weighted by Gasteiger charge is -2.30. The summed E-state index contributed by atoms with van der Waals surface area (Å²) >= 11 is 0. The molecule has 1 aliphatic carbocycles. The van der Waals surface area contributed by atoms with Gasteiger partial charge in [-0.25, -0.2) is 0 Å². The third kappa shape index (κ3) is 3.84. The third-order valence-electron chi connectivity index (χ3n) is 4.13. The van der Waals surface area contributed by atoms with E-state index in [1.54, 1.807) is 0 Å². The minimum absolute atomic E-state index is 0.0341. The first kappa shape index (κ1) is 16.3. The van der Waals surface area contributed by atoms with E-state index in [9.17, 15) is 0 Å². The number of ether oxygens (including phenoxy) is 2. The normalized spacial score (nSPS) is 19.6. The van der Waals surface area contributed by atoms with Crippen LogP contribution in [0, 0.1) is 0 Å². The minimum atomic E-state index is -0.0341. The molecule has 0 bridgehead atoms. The molecule has 0 saturated heterocycles.